The van der Waals surface area contributed by atoms with E-state index in [-0.39, 0.29) is 24.0 Å². The molecule has 2 aromatic carbocycles. The van der Waals surface area contributed by atoms with Crippen LogP contribution in [0.3, 0.4) is 0 Å². The highest BCUT2D eigenvalue weighted by molar-refractivity contribution is 6.08. The Bertz CT molecular complexity index is 831. The number of hydrogen-bond donors (Lipinski definition) is 1. The van der Waals surface area contributed by atoms with Crippen molar-refractivity contribution in [1.29, 1.82) is 0 Å². The van der Waals surface area contributed by atoms with Gasteiger partial charge in [0.15, 0.2) is 12.4 Å². The van der Waals surface area contributed by atoms with E-state index in [9.17, 15) is 18.4 Å². The Morgan fingerprint density at radius 3 is 2.68 bits per heavy atom. The predicted octanol–water partition coefficient (Wildman–Crippen LogP) is 3.52. The second kappa shape index (κ2) is 7.12. The molecule has 1 aliphatic rings. The Balaban J connectivity index is 1.70. The molecule has 0 saturated heterocycles. The molecule has 1 amide bonds. The van der Waals surface area contributed by atoms with E-state index in [1.54, 1.807) is 36.4 Å². The van der Waals surface area contributed by atoms with E-state index in [0.29, 0.717) is 22.6 Å². The van der Waals surface area contributed by atoms with Crippen LogP contribution in [0.5, 0.6) is 11.5 Å². The minimum Gasteiger partial charge on any atom is -0.482 e. The highest BCUT2D eigenvalue weighted by Gasteiger charge is 2.17. The van der Waals surface area contributed by atoms with Gasteiger partial charge in [-0.15, -0.1) is 0 Å². The lowest BCUT2D eigenvalue weighted by atomic mass is 10.1. The molecule has 0 bridgehead atoms. The molecule has 25 heavy (non-hydrogen) atoms. The van der Waals surface area contributed by atoms with Crippen LogP contribution in [-0.4, -0.2) is 24.9 Å². The summed E-state index contributed by atoms with van der Waals surface area (Å²) in [5.74, 6) is 0.00734. The zero-order valence-electron chi connectivity index (χ0n) is 12.9. The molecule has 0 fully saturated rings. The first-order chi connectivity index (χ1) is 12.0. The van der Waals surface area contributed by atoms with Gasteiger partial charge < -0.3 is 14.8 Å². The summed E-state index contributed by atoms with van der Waals surface area (Å²) in [5, 5.41) is 2.64. The lowest BCUT2D eigenvalue weighted by Gasteiger charge is -2.17. The van der Waals surface area contributed by atoms with Crippen LogP contribution < -0.4 is 14.8 Å². The number of alkyl halides is 2. The summed E-state index contributed by atoms with van der Waals surface area (Å²) < 4.78 is 33.7. The molecule has 128 valence electrons. The molecule has 5 nitrogen and oxygen atoms in total. The van der Waals surface area contributed by atoms with Crippen LogP contribution in [0.1, 0.15) is 15.9 Å². The summed E-state index contributed by atoms with van der Waals surface area (Å²) in [5.41, 5.74) is 1.49. The van der Waals surface area contributed by atoms with Crippen LogP contribution in [0.25, 0.3) is 6.08 Å². The van der Waals surface area contributed by atoms with Crippen molar-refractivity contribution in [2.75, 3.05) is 11.9 Å². The number of allylic oxidation sites excluding steroid dienone is 1. The summed E-state index contributed by atoms with van der Waals surface area (Å²) in [6, 6.07) is 10.7. The Hall–Kier alpha value is -3.22. The van der Waals surface area contributed by atoms with Crippen molar-refractivity contribution in [1.82, 2.24) is 0 Å². The molecule has 0 saturated carbocycles. The van der Waals surface area contributed by atoms with Crippen LogP contribution >= 0.6 is 0 Å². The maximum atomic E-state index is 12.2. The summed E-state index contributed by atoms with van der Waals surface area (Å²) >= 11 is 0. The van der Waals surface area contributed by atoms with Crippen LogP contribution in [0.2, 0.25) is 0 Å². The Morgan fingerprint density at radius 2 is 1.96 bits per heavy atom. The second-order valence-corrected chi connectivity index (χ2v) is 5.19. The number of ether oxygens (including phenoxy) is 2. The first-order valence-electron chi connectivity index (χ1n) is 7.35. The molecule has 0 aliphatic carbocycles. The Labute approximate surface area is 141 Å². The minimum atomic E-state index is -2.88. The number of hydrogen-bond acceptors (Lipinski definition) is 4. The number of rotatable bonds is 5. The van der Waals surface area contributed by atoms with Crippen LogP contribution in [0.15, 0.2) is 48.5 Å². The highest BCUT2D eigenvalue weighted by atomic mass is 19.3. The molecule has 1 heterocycles. The van der Waals surface area contributed by atoms with Gasteiger partial charge in [0.25, 0.3) is 5.91 Å². The third-order valence-corrected chi connectivity index (χ3v) is 3.43. The molecule has 0 aromatic heterocycles. The number of nitrogens with one attached hydrogen (secondary N) is 1. The van der Waals surface area contributed by atoms with Gasteiger partial charge >= 0.3 is 6.61 Å². The second-order valence-electron chi connectivity index (χ2n) is 5.19. The van der Waals surface area contributed by atoms with Crippen molar-refractivity contribution in [3.8, 4) is 11.5 Å². The maximum absolute atomic E-state index is 12.2. The number of amides is 1. The summed E-state index contributed by atoms with van der Waals surface area (Å²) in [7, 11) is 0. The van der Waals surface area contributed by atoms with Gasteiger partial charge in [-0.25, -0.2) is 0 Å². The average molecular weight is 345 g/mol. The van der Waals surface area contributed by atoms with Gasteiger partial charge in [-0.1, -0.05) is 18.2 Å². The molecule has 1 aliphatic heterocycles. The highest BCUT2D eigenvalue weighted by Crippen LogP contribution is 2.28. The van der Waals surface area contributed by atoms with Gasteiger partial charge in [-0.2, -0.15) is 8.78 Å². The largest absolute Gasteiger partial charge is 0.482 e. The van der Waals surface area contributed by atoms with Gasteiger partial charge in [-0.3, -0.25) is 9.59 Å². The SMILES string of the molecule is O=C1COc2ccc(C(=O)/C=C/c3ccc(OC(F)F)cc3)cc2N1. The predicted molar refractivity (Wildman–Crippen MR) is 87.0 cm³/mol. The molecule has 0 radical (unpaired) electrons. The first kappa shape index (κ1) is 16.6. The van der Waals surface area contributed by atoms with E-state index in [4.69, 9.17) is 4.74 Å². The van der Waals surface area contributed by atoms with Gasteiger partial charge in [0.05, 0.1) is 5.69 Å². The smallest absolute Gasteiger partial charge is 0.387 e. The fraction of sp³-hybridized carbons (Fsp3) is 0.111. The lowest BCUT2D eigenvalue weighted by Crippen LogP contribution is -2.25. The Morgan fingerprint density at radius 1 is 1.20 bits per heavy atom. The average Bonchev–Trinajstić information content (AvgIpc) is 2.59. The number of ketones is 1. The molecule has 7 heteroatoms. The van der Waals surface area contributed by atoms with Crippen molar-refractivity contribution in [3.63, 3.8) is 0 Å². The van der Waals surface area contributed by atoms with Gasteiger partial charge in [0, 0.05) is 5.56 Å². The van der Waals surface area contributed by atoms with Crippen LogP contribution in [0, 0.1) is 0 Å². The van der Waals surface area contributed by atoms with E-state index < -0.39 is 6.61 Å². The molecular weight excluding hydrogens is 332 g/mol. The fourth-order valence-corrected chi connectivity index (χ4v) is 2.26. The monoisotopic (exact) mass is 345 g/mol. The normalized spacial score (nSPS) is 13.3. The molecule has 3 rings (SSSR count). The molecule has 0 spiro atoms. The topological polar surface area (TPSA) is 64.6 Å². The number of carbonyl (C=O) groups excluding carboxylic acids is 2. The van der Waals surface area contributed by atoms with E-state index in [1.165, 1.54) is 18.2 Å². The fourth-order valence-electron chi connectivity index (χ4n) is 2.26. The van der Waals surface area contributed by atoms with Gasteiger partial charge in [0.1, 0.15) is 11.5 Å². The zero-order chi connectivity index (χ0) is 17.8. The van der Waals surface area contributed by atoms with E-state index in [2.05, 4.69) is 10.1 Å². The Kier molecular flexibility index (Phi) is 4.74. The van der Waals surface area contributed by atoms with Gasteiger partial charge in [-0.05, 0) is 42.0 Å². The van der Waals surface area contributed by atoms with Crippen LogP contribution in [0.4, 0.5) is 14.5 Å². The van der Waals surface area contributed by atoms with Crippen molar-refractivity contribution in [2.24, 2.45) is 0 Å². The lowest BCUT2D eigenvalue weighted by molar-refractivity contribution is -0.118. The third kappa shape index (κ3) is 4.20. The molecule has 1 N–H and O–H groups in total. The van der Waals surface area contributed by atoms with E-state index in [1.807, 2.05) is 0 Å². The molecule has 0 unspecified atom stereocenters. The van der Waals surface area contributed by atoms with E-state index in [0.717, 1.165) is 0 Å². The van der Waals surface area contributed by atoms with Gasteiger partial charge in [0.2, 0.25) is 0 Å². The molecular formula is C18H13F2NO4. The zero-order valence-corrected chi connectivity index (χ0v) is 12.9. The van der Waals surface area contributed by atoms with Crippen LogP contribution in [-0.2, 0) is 4.79 Å². The van der Waals surface area contributed by atoms with Crippen molar-refractivity contribution >= 4 is 23.5 Å². The molecule has 0 atom stereocenters. The standard InChI is InChI=1S/C18H13F2NO4/c19-18(20)25-13-5-1-11(2-6-13)3-7-15(22)12-4-8-16-14(9-12)21-17(23)10-24-16/h1-9,18H,10H2,(H,21,23)/b7-3+. The maximum Gasteiger partial charge on any atom is 0.387 e. The number of anilines is 1. The van der Waals surface area contributed by atoms with Crippen molar-refractivity contribution in [3.05, 3.63) is 59.7 Å². The van der Waals surface area contributed by atoms with Crippen molar-refractivity contribution < 1.29 is 27.8 Å². The van der Waals surface area contributed by atoms with E-state index >= 15 is 0 Å². The number of carbonyl (C=O) groups is 2. The van der Waals surface area contributed by atoms with Crippen molar-refractivity contribution in [2.45, 2.75) is 6.61 Å². The summed E-state index contributed by atoms with van der Waals surface area (Å²) in [6.45, 7) is -2.93. The number of benzene rings is 2. The third-order valence-electron chi connectivity index (χ3n) is 3.43. The molecule has 2 aromatic rings. The minimum absolute atomic E-state index is 0.0453. The number of halogens is 2. The number of fused-ring (bicyclic) bond motifs is 1. The summed E-state index contributed by atoms with van der Waals surface area (Å²) in [6.07, 6.45) is 2.92. The quantitative estimate of drug-likeness (QED) is 0.665. The summed E-state index contributed by atoms with van der Waals surface area (Å²) in [4.78, 5) is 23.6. The first-order valence-corrected chi connectivity index (χ1v) is 7.35.